The summed E-state index contributed by atoms with van der Waals surface area (Å²) in [6, 6.07) is 6.29. The Kier molecular flexibility index (Phi) is 5.60. The maximum absolute atomic E-state index is 12.9. The fraction of sp³-hybridized carbons (Fsp3) is 0.357. The Morgan fingerprint density at radius 3 is 2.71 bits per heavy atom. The quantitative estimate of drug-likeness (QED) is 0.467. The summed E-state index contributed by atoms with van der Waals surface area (Å²) in [5.74, 6) is 6.83. The third-order valence-electron chi connectivity index (χ3n) is 3.13. The summed E-state index contributed by atoms with van der Waals surface area (Å²) in [4.78, 5) is 0.984. The zero-order chi connectivity index (χ0) is 15.2. The van der Waals surface area contributed by atoms with Crippen molar-refractivity contribution >= 4 is 11.8 Å². The van der Waals surface area contributed by atoms with Crippen molar-refractivity contribution in [2.75, 3.05) is 12.9 Å². The zero-order valence-corrected chi connectivity index (χ0v) is 12.9. The maximum Gasteiger partial charge on any atom is 0.161 e. The topological polar surface area (TPSA) is 65.1 Å². The van der Waals surface area contributed by atoms with Crippen LogP contribution < -0.4 is 16.0 Å². The first-order valence-electron chi connectivity index (χ1n) is 6.63. The summed E-state index contributed by atoms with van der Waals surface area (Å²) in [5.41, 5.74) is 3.71. The number of hydrogen-bond acceptors (Lipinski definition) is 5. The van der Waals surface area contributed by atoms with Crippen LogP contribution in [0.15, 0.2) is 35.4 Å². The highest BCUT2D eigenvalue weighted by Crippen LogP contribution is 2.29. The zero-order valence-electron chi connectivity index (χ0n) is 12.0. The molecule has 1 aromatic carbocycles. The van der Waals surface area contributed by atoms with Crippen LogP contribution in [-0.2, 0) is 6.54 Å². The molecule has 0 saturated heterocycles. The minimum atomic E-state index is -0.237. The van der Waals surface area contributed by atoms with Gasteiger partial charge in [-0.1, -0.05) is 0 Å². The smallest absolute Gasteiger partial charge is 0.161 e. The first-order chi connectivity index (χ1) is 10.2. The lowest BCUT2D eigenvalue weighted by Gasteiger charge is -2.18. The molecule has 0 aliphatic heterocycles. The normalized spacial score (nSPS) is 12.4. The Morgan fingerprint density at radius 1 is 1.43 bits per heavy atom. The van der Waals surface area contributed by atoms with Crippen LogP contribution >= 0.6 is 11.8 Å². The molecule has 1 unspecified atom stereocenters. The number of halogens is 1. The minimum Gasteiger partial charge on any atom is -0.493 e. The van der Waals surface area contributed by atoms with Gasteiger partial charge in [0.05, 0.1) is 25.0 Å². The van der Waals surface area contributed by atoms with Crippen LogP contribution in [0.1, 0.15) is 18.7 Å². The summed E-state index contributed by atoms with van der Waals surface area (Å²) in [6.45, 7) is 2.74. The van der Waals surface area contributed by atoms with Crippen molar-refractivity contribution in [3.63, 3.8) is 0 Å². The summed E-state index contributed by atoms with van der Waals surface area (Å²) in [6.07, 6.45) is 1.69. The molecule has 0 fully saturated rings. The van der Waals surface area contributed by atoms with E-state index in [0.29, 0.717) is 11.5 Å². The van der Waals surface area contributed by atoms with E-state index < -0.39 is 0 Å². The van der Waals surface area contributed by atoms with E-state index in [2.05, 4.69) is 10.5 Å². The molecular weight excluding hydrogens is 291 g/mol. The van der Waals surface area contributed by atoms with Gasteiger partial charge in [-0.05, 0) is 31.2 Å². The summed E-state index contributed by atoms with van der Waals surface area (Å²) in [5, 5.41) is 4.28. The molecule has 0 saturated carbocycles. The number of ether oxygens (including phenoxy) is 1. The molecule has 2 aromatic rings. The molecule has 0 aliphatic rings. The van der Waals surface area contributed by atoms with E-state index in [0.717, 1.165) is 17.1 Å². The number of aryl methyl sites for hydroxylation is 1. The fourth-order valence-corrected chi connectivity index (χ4v) is 3.00. The Hall–Kier alpha value is -1.57. The monoisotopic (exact) mass is 310 g/mol. The van der Waals surface area contributed by atoms with Crippen LogP contribution in [-0.4, -0.2) is 22.6 Å². The van der Waals surface area contributed by atoms with Crippen molar-refractivity contribution in [2.24, 2.45) is 5.84 Å². The Bertz CT molecular complexity index is 551. The van der Waals surface area contributed by atoms with Gasteiger partial charge in [0.1, 0.15) is 5.82 Å². The molecule has 3 N–H and O–H groups in total. The van der Waals surface area contributed by atoms with Crippen LogP contribution in [0.5, 0.6) is 5.75 Å². The molecule has 0 aliphatic carbocycles. The van der Waals surface area contributed by atoms with Gasteiger partial charge in [0.15, 0.2) is 5.75 Å². The second-order valence-electron chi connectivity index (χ2n) is 4.40. The van der Waals surface area contributed by atoms with E-state index in [-0.39, 0.29) is 11.9 Å². The number of hydrazine groups is 1. The van der Waals surface area contributed by atoms with Gasteiger partial charge in [0, 0.05) is 17.2 Å². The van der Waals surface area contributed by atoms with Crippen LogP contribution in [0.2, 0.25) is 0 Å². The molecule has 5 nitrogen and oxygen atoms in total. The highest BCUT2D eigenvalue weighted by molar-refractivity contribution is 7.99. The predicted molar refractivity (Wildman–Crippen MR) is 81.6 cm³/mol. The standard InChI is InChI=1S/C14H19FN4OS/c1-3-19-14(13(20-2)8-17-19)12(18-16)9-21-11-6-4-10(15)5-7-11/h4-8,12,18H,3,9,16H2,1-2H3. The molecule has 114 valence electrons. The molecule has 21 heavy (non-hydrogen) atoms. The van der Waals surface area contributed by atoms with Crippen LogP contribution in [0.3, 0.4) is 0 Å². The van der Waals surface area contributed by atoms with Gasteiger partial charge in [-0.2, -0.15) is 5.10 Å². The minimum absolute atomic E-state index is 0.113. The van der Waals surface area contributed by atoms with Crippen LogP contribution in [0.25, 0.3) is 0 Å². The molecular formula is C14H19FN4OS. The number of nitrogens with one attached hydrogen (secondary N) is 1. The van der Waals surface area contributed by atoms with Gasteiger partial charge in [-0.3, -0.25) is 16.0 Å². The molecule has 2 rings (SSSR count). The Morgan fingerprint density at radius 2 is 2.14 bits per heavy atom. The van der Waals surface area contributed by atoms with Gasteiger partial charge in [-0.25, -0.2) is 4.39 Å². The van der Waals surface area contributed by atoms with Crippen molar-refractivity contribution in [3.8, 4) is 5.75 Å². The molecule has 0 bridgehead atoms. The SMILES string of the molecule is CCn1ncc(OC)c1C(CSc1ccc(F)cc1)NN. The van der Waals surface area contributed by atoms with Crippen molar-refractivity contribution in [1.82, 2.24) is 15.2 Å². The van der Waals surface area contributed by atoms with E-state index in [4.69, 9.17) is 10.6 Å². The number of hydrogen-bond donors (Lipinski definition) is 2. The highest BCUT2D eigenvalue weighted by Gasteiger charge is 2.20. The van der Waals surface area contributed by atoms with E-state index >= 15 is 0 Å². The second kappa shape index (κ2) is 7.44. The largest absolute Gasteiger partial charge is 0.493 e. The third kappa shape index (κ3) is 3.75. The third-order valence-corrected chi connectivity index (χ3v) is 4.23. The van der Waals surface area contributed by atoms with Crippen molar-refractivity contribution < 1.29 is 9.13 Å². The summed E-state index contributed by atoms with van der Waals surface area (Å²) >= 11 is 1.59. The number of thioether (sulfide) groups is 1. The highest BCUT2D eigenvalue weighted by atomic mass is 32.2. The van der Waals surface area contributed by atoms with Crippen molar-refractivity contribution in [1.29, 1.82) is 0 Å². The second-order valence-corrected chi connectivity index (χ2v) is 5.49. The average molecular weight is 310 g/mol. The lowest BCUT2D eigenvalue weighted by molar-refractivity contribution is 0.397. The van der Waals surface area contributed by atoms with Gasteiger partial charge in [0.2, 0.25) is 0 Å². The molecule has 0 radical (unpaired) electrons. The average Bonchev–Trinajstić information content (AvgIpc) is 2.93. The molecule has 7 heteroatoms. The van der Waals surface area contributed by atoms with Crippen molar-refractivity contribution in [2.45, 2.75) is 24.4 Å². The van der Waals surface area contributed by atoms with Gasteiger partial charge >= 0.3 is 0 Å². The lowest BCUT2D eigenvalue weighted by Crippen LogP contribution is -2.31. The maximum atomic E-state index is 12.9. The fourth-order valence-electron chi connectivity index (χ4n) is 2.05. The lowest BCUT2D eigenvalue weighted by atomic mass is 10.2. The molecule has 1 atom stereocenters. The molecule has 0 spiro atoms. The Labute approximate surface area is 127 Å². The molecule has 1 aromatic heterocycles. The van der Waals surface area contributed by atoms with Gasteiger partial charge in [0.25, 0.3) is 0 Å². The van der Waals surface area contributed by atoms with Gasteiger partial charge in [-0.15, -0.1) is 11.8 Å². The number of rotatable bonds is 7. The molecule has 0 amide bonds. The van der Waals surface area contributed by atoms with E-state index in [9.17, 15) is 4.39 Å². The first-order valence-corrected chi connectivity index (χ1v) is 7.62. The summed E-state index contributed by atoms with van der Waals surface area (Å²) < 4.78 is 20.1. The first kappa shape index (κ1) is 15.8. The van der Waals surface area contributed by atoms with E-state index in [1.54, 1.807) is 37.2 Å². The molecule has 1 heterocycles. The van der Waals surface area contributed by atoms with Crippen LogP contribution in [0.4, 0.5) is 4.39 Å². The Balaban J connectivity index is 2.12. The van der Waals surface area contributed by atoms with Crippen LogP contribution in [0, 0.1) is 5.82 Å². The summed E-state index contributed by atoms with van der Waals surface area (Å²) in [7, 11) is 1.61. The number of aromatic nitrogens is 2. The number of benzene rings is 1. The van der Waals surface area contributed by atoms with E-state index in [1.807, 2.05) is 11.6 Å². The van der Waals surface area contributed by atoms with Crippen molar-refractivity contribution in [3.05, 3.63) is 42.0 Å². The van der Waals surface area contributed by atoms with E-state index in [1.165, 1.54) is 12.1 Å². The van der Waals surface area contributed by atoms with Gasteiger partial charge < -0.3 is 4.74 Å². The number of methoxy groups -OCH3 is 1. The predicted octanol–water partition coefficient (Wildman–Crippen LogP) is 2.35. The number of nitrogens with zero attached hydrogens (tertiary/aromatic N) is 2. The number of nitrogens with two attached hydrogens (primary N) is 1.